The SMILES string of the molecule is O=C(NCc1ccc(F)nc1)c1cc(NC(=O)c2cc(F)c(F)cc2Cl)n[nH]1. The van der Waals surface area contributed by atoms with Crippen LogP contribution in [0.1, 0.15) is 26.4 Å². The maximum absolute atomic E-state index is 13.3. The maximum Gasteiger partial charge on any atom is 0.269 e. The van der Waals surface area contributed by atoms with E-state index in [1.807, 2.05) is 0 Å². The van der Waals surface area contributed by atoms with Crippen molar-refractivity contribution in [3.63, 3.8) is 0 Å². The Morgan fingerprint density at radius 2 is 1.82 bits per heavy atom. The van der Waals surface area contributed by atoms with Gasteiger partial charge < -0.3 is 10.6 Å². The number of anilines is 1. The van der Waals surface area contributed by atoms with Gasteiger partial charge in [-0.1, -0.05) is 17.7 Å². The predicted octanol–water partition coefficient (Wildman–Crippen LogP) is 3.06. The quantitative estimate of drug-likeness (QED) is 0.445. The van der Waals surface area contributed by atoms with Crippen LogP contribution in [0.25, 0.3) is 0 Å². The van der Waals surface area contributed by atoms with Gasteiger partial charge in [0, 0.05) is 18.8 Å². The van der Waals surface area contributed by atoms with Crippen LogP contribution in [-0.4, -0.2) is 27.0 Å². The van der Waals surface area contributed by atoms with E-state index in [1.165, 1.54) is 18.3 Å². The Hall–Kier alpha value is -3.40. The molecule has 2 aromatic heterocycles. The van der Waals surface area contributed by atoms with Crippen LogP contribution in [-0.2, 0) is 6.54 Å². The molecule has 28 heavy (non-hydrogen) atoms. The Kier molecular flexibility index (Phi) is 5.59. The van der Waals surface area contributed by atoms with E-state index in [-0.39, 0.29) is 28.6 Å². The summed E-state index contributed by atoms with van der Waals surface area (Å²) >= 11 is 5.74. The number of hydrogen-bond donors (Lipinski definition) is 3. The fraction of sp³-hybridized carbons (Fsp3) is 0.0588. The third-order valence-electron chi connectivity index (χ3n) is 3.56. The number of hydrogen-bond acceptors (Lipinski definition) is 4. The van der Waals surface area contributed by atoms with Crippen molar-refractivity contribution in [1.82, 2.24) is 20.5 Å². The van der Waals surface area contributed by atoms with Gasteiger partial charge in [0.15, 0.2) is 17.5 Å². The number of nitrogens with zero attached hydrogens (tertiary/aromatic N) is 2. The molecule has 2 heterocycles. The molecule has 0 unspecified atom stereocenters. The number of benzene rings is 1. The minimum Gasteiger partial charge on any atom is -0.347 e. The smallest absolute Gasteiger partial charge is 0.269 e. The Labute approximate surface area is 160 Å². The zero-order chi connectivity index (χ0) is 20.3. The molecule has 7 nitrogen and oxygen atoms in total. The third-order valence-corrected chi connectivity index (χ3v) is 3.87. The second kappa shape index (κ2) is 8.09. The van der Waals surface area contributed by atoms with E-state index >= 15 is 0 Å². The molecule has 0 bridgehead atoms. The number of nitrogens with one attached hydrogen (secondary N) is 3. The fourth-order valence-electron chi connectivity index (χ4n) is 2.17. The first-order valence-electron chi connectivity index (χ1n) is 7.73. The van der Waals surface area contributed by atoms with Gasteiger partial charge in [0.25, 0.3) is 11.8 Å². The van der Waals surface area contributed by atoms with Crippen molar-refractivity contribution in [1.29, 1.82) is 0 Å². The van der Waals surface area contributed by atoms with Crippen LogP contribution in [0.15, 0.2) is 36.5 Å². The summed E-state index contributed by atoms with van der Waals surface area (Å²) in [5, 5.41) is 10.8. The molecule has 144 valence electrons. The van der Waals surface area contributed by atoms with Gasteiger partial charge in [-0.15, -0.1) is 0 Å². The molecule has 3 aromatic rings. The highest BCUT2D eigenvalue weighted by molar-refractivity contribution is 6.34. The number of amides is 2. The van der Waals surface area contributed by atoms with Crippen LogP contribution in [0.3, 0.4) is 0 Å². The van der Waals surface area contributed by atoms with E-state index in [0.29, 0.717) is 17.7 Å². The van der Waals surface area contributed by atoms with Crippen molar-refractivity contribution in [3.8, 4) is 0 Å². The highest BCUT2D eigenvalue weighted by Crippen LogP contribution is 2.21. The Morgan fingerprint density at radius 1 is 1.07 bits per heavy atom. The number of rotatable bonds is 5. The van der Waals surface area contributed by atoms with Gasteiger partial charge in [-0.05, 0) is 23.8 Å². The minimum atomic E-state index is -1.23. The van der Waals surface area contributed by atoms with Crippen molar-refractivity contribution in [3.05, 3.63) is 76.0 Å². The number of pyridine rings is 1. The minimum absolute atomic E-state index is 0.0283. The largest absolute Gasteiger partial charge is 0.347 e. The predicted molar refractivity (Wildman–Crippen MR) is 93.3 cm³/mol. The number of halogens is 4. The zero-order valence-corrected chi connectivity index (χ0v) is 14.6. The van der Waals surface area contributed by atoms with Crippen LogP contribution in [0.4, 0.5) is 19.0 Å². The second-order valence-electron chi connectivity index (χ2n) is 5.54. The molecule has 0 radical (unpaired) electrons. The molecule has 2 amide bonds. The number of carbonyl (C=O) groups is 2. The topological polar surface area (TPSA) is 99.8 Å². The molecule has 3 rings (SSSR count). The van der Waals surface area contributed by atoms with E-state index in [4.69, 9.17) is 11.6 Å². The van der Waals surface area contributed by atoms with E-state index in [9.17, 15) is 22.8 Å². The lowest BCUT2D eigenvalue weighted by molar-refractivity contribution is 0.0945. The molecular weight excluding hydrogens is 399 g/mol. The lowest BCUT2D eigenvalue weighted by Crippen LogP contribution is -2.23. The number of carbonyl (C=O) groups excluding carboxylic acids is 2. The summed E-state index contributed by atoms with van der Waals surface area (Å²) in [4.78, 5) is 27.7. The summed E-state index contributed by atoms with van der Waals surface area (Å²) in [5.41, 5.74) is 0.316. The molecule has 0 spiro atoms. The molecule has 0 atom stereocenters. The summed E-state index contributed by atoms with van der Waals surface area (Å²) in [6.45, 7) is 0.0945. The fourth-order valence-corrected chi connectivity index (χ4v) is 2.41. The van der Waals surface area contributed by atoms with Crippen molar-refractivity contribution in [2.24, 2.45) is 0 Å². The average Bonchev–Trinajstić information content (AvgIpc) is 3.12. The van der Waals surface area contributed by atoms with Gasteiger partial charge in [-0.25, -0.2) is 13.8 Å². The molecule has 0 saturated heterocycles. The van der Waals surface area contributed by atoms with E-state index < -0.39 is 29.4 Å². The molecule has 11 heteroatoms. The highest BCUT2D eigenvalue weighted by Gasteiger charge is 2.17. The Balaban J connectivity index is 1.63. The summed E-state index contributed by atoms with van der Waals surface area (Å²) < 4.78 is 39.1. The number of aromatic nitrogens is 3. The van der Waals surface area contributed by atoms with Crippen LogP contribution in [0.5, 0.6) is 0 Å². The normalized spacial score (nSPS) is 10.6. The number of H-pyrrole nitrogens is 1. The zero-order valence-electron chi connectivity index (χ0n) is 13.9. The summed E-state index contributed by atoms with van der Waals surface area (Å²) in [6.07, 6.45) is 1.28. The van der Waals surface area contributed by atoms with Gasteiger partial charge in [0.1, 0.15) is 5.69 Å². The first-order chi connectivity index (χ1) is 13.3. The molecule has 0 saturated carbocycles. The van der Waals surface area contributed by atoms with Gasteiger partial charge in [0.05, 0.1) is 10.6 Å². The Morgan fingerprint density at radius 3 is 2.54 bits per heavy atom. The van der Waals surface area contributed by atoms with Gasteiger partial charge >= 0.3 is 0 Å². The van der Waals surface area contributed by atoms with Crippen molar-refractivity contribution >= 4 is 29.2 Å². The highest BCUT2D eigenvalue weighted by atomic mass is 35.5. The van der Waals surface area contributed by atoms with Gasteiger partial charge in [-0.3, -0.25) is 14.7 Å². The third kappa shape index (κ3) is 4.46. The summed E-state index contributed by atoms with van der Waals surface area (Å²) in [7, 11) is 0. The summed E-state index contributed by atoms with van der Waals surface area (Å²) in [6, 6.07) is 5.20. The van der Waals surface area contributed by atoms with Crippen LogP contribution in [0, 0.1) is 17.6 Å². The van der Waals surface area contributed by atoms with Crippen molar-refractivity contribution in [2.45, 2.75) is 6.54 Å². The van der Waals surface area contributed by atoms with Crippen LogP contribution in [0.2, 0.25) is 5.02 Å². The molecule has 0 aliphatic rings. The van der Waals surface area contributed by atoms with Gasteiger partial charge in [-0.2, -0.15) is 9.49 Å². The average molecular weight is 410 g/mol. The van der Waals surface area contributed by atoms with Crippen molar-refractivity contribution < 1.29 is 22.8 Å². The lowest BCUT2D eigenvalue weighted by atomic mass is 10.2. The van der Waals surface area contributed by atoms with Crippen LogP contribution >= 0.6 is 11.6 Å². The van der Waals surface area contributed by atoms with E-state index in [0.717, 1.165) is 6.07 Å². The Bertz CT molecular complexity index is 1040. The molecular formula is C17H11ClF3N5O2. The van der Waals surface area contributed by atoms with Crippen LogP contribution < -0.4 is 10.6 Å². The lowest BCUT2D eigenvalue weighted by Gasteiger charge is -2.05. The summed E-state index contributed by atoms with van der Waals surface area (Å²) in [5.74, 6) is -4.45. The first-order valence-corrected chi connectivity index (χ1v) is 8.11. The molecule has 0 fully saturated rings. The standard InChI is InChI=1S/C17H11ClF3N5O2/c18-10-4-12(20)11(19)3-9(10)16(27)24-15-5-13(25-26-15)17(28)23-7-8-1-2-14(21)22-6-8/h1-6H,7H2,(H,23,28)(H2,24,25,26,27). The number of aromatic amines is 1. The molecule has 3 N–H and O–H groups in total. The maximum atomic E-state index is 13.3. The van der Waals surface area contributed by atoms with Gasteiger partial charge in [0.2, 0.25) is 5.95 Å². The molecule has 0 aliphatic heterocycles. The second-order valence-corrected chi connectivity index (χ2v) is 5.95. The monoisotopic (exact) mass is 409 g/mol. The molecule has 0 aliphatic carbocycles. The first kappa shape index (κ1) is 19.4. The van der Waals surface area contributed by atoms with Crippen molar-refractivity contribution in [2.75, 3.05) is 5.32 Å². The van der Waals surface area contributed by atoms with E-state index in [1.54, 1.807) is 0 Å². The van der Waals surface area contributed by atoms with E-state index in [2.05, 4.69) is 25.8 Å². The molecule has 1 aromatic carbocycles.